The number of benzene rings is 4. The molecule has 2 saturated heterocycles. The van der Waals surface area contributed by atoms with Gasteiger partial charge in [-0.05, 0) is 134 Å². The monoisotopic (exact) mass is 880 g/mol. The third-order valence-corrected chi connectivity index (χ3v) is 14.4. The second-order valence-electron chi connectivity index (χ2n) is 17.9. The average Bonchev–Trinajstić information content (AvgIpc) is 3.73. The van der Waals surface area contributed by atoms with Gasteiger partial charge in [0.25, 0.3) is 15.9 Å². The molecule has 0 atom stereocenters. The van der Waals surface area contributed by atoms with E-state index < -0.39 is 15.9 Å². The van der Waals surface area contributed by atoms with Crippen molar-refractivity contribution < 1.29 is 22.3 Å². The summed E-state index contributed by atoms with van der Waals surface area (Å²) in [6.45, 7) is 13.1. The van der Waals surface area contributed by atoms with E-state index in [0.29, 0.717) is 12.2 Å². The quantitative estimate of drug-likeness (QED) is 0.101. The van der Waals surface area contributed by atoms with Crippen molar-refractivity contribution in [3.8, 4) is 11.5 Å². The molecule has 2 fully saturated rings. The molecule has 0 spiro atoms. The first kappa shape index (κ1) is 43.8. The molecule has 0 radical (unpaired) electrons. The molecule has 0 bridgehead atoms. The van der Waals surface area contributed by atoms with Crippen LogP contribution in [0.2, 0.25) is 5.02 Å². The number of piperazine rings is 1. The van der Waals surface area contributed by atoms with E-state index in [1.807, 2.05) is 61.7 Å². The average molecular weight is 882 g/mol. The van der Waals surface area contributed by atoms with Crippen molar-refractivity contribution in [1.29, 1.82) is 0 Å². The Morgan fingerprint density at radius 3 is 2.44 bits per heavy atom. The topological polar surface area (TPSA) is 110 Å². The van der Waals surface area contributed by atoms with Crippen molar-refractivity contribution >= 4 is 55.4 Å². The summed E-state index contributed by atoms with van der Waals surface area (Å²) in [5.74, 6) is 0.0148. The Hall–Kier alpha value is -4.88. The predicted molar refractivity (Wildman–Crippen MR) is 249 cm³/mol. The third-order valence-electron chi connectivity index (χ3n) is 12.8. The maximum Gasteiger partial charge on any atom is 0.268 e. The number of aromatic amines is 1. The molecule has 62 heavy (non-hydrogen) atoms. The van der Waals surface area contributed by atoms with Crippen molar-refractivity contribution in [3.63, 3.8) is 0 Å². The third kappa shape index (κ3) is 10.5. The van der Waals surface area contributed by atoms with Crippen LogP contribution in [0.5, 0.6) is 11.5 Å². The number of piperidine rings is 1. The van der Waals surface area contributed by atoms with Crippen molar-refractivity contribution in [3.05, 3.63) is 118 Å². The lowest BCUT2D eigenvalue weighted by atomic mass is 9.72. The molecule has 2 aliphatic heterocycles. The zero-order valence-corrected chi connectivity index (χ0v) is 37.6. The highest BCUT2D eigenvalue weighted by molar-refractivity contribution is 7.90. The van der Waals surface area contributed by atoms with Crippen LogP contribution in [-0.4, -0.2) is 94.2 Å². The number of aryl methyl sites for hydroxylation is 1. The zero-order chi connectivity index (χ0) is 43.4. The number of anilines is 2. The summed E-state index contributed by atoms with van der Waals surface area (Å²) in [6.07, 6.45) is 7.53. The lowest BCUT2D eigenvalue weighted by molar-refractivity contribution is 0.0979. The summed E-state index contributed by atoms with van der Waals surface area (Å²) >= 11 is 6.26. The van der Waals surface area contributed by atoms with Gasteiger partial charge in [-0.1, -0.05) is 43.2 Å². The Balaban J connectivity index is 0.969. The molecule has 10 nitrogen and oxygen atoms in total. The summed E-state index contributed by atoms with van der Waals surface area (Å²) in [5.41, 5.74) is 8.01. The molecular formula is C49H58ClFN6O4S. The number of alkyl halides is 1. The summed E-state index contributed by atoms with van der Waals surface area (Å²) < 4.78 is 48.9. The van der Waals surface area contributed by atoms with E-state index in [1.165, 1.54) is 22.8 Å². The first-order valence-electron chi connectivity index (χ1n) is 21.9. The molecule has 1 aliphatic carbocycles. The SMILES string of the molecule is Cc1cc(S(=O)(=O)NC(=O)c2ccc(N3CCN(CC4=C(c5ccc(Cl)cc5)CC(C)(C)CC4)CC3)cc2Oc2ccc3[nH]ccc3c2)ccc1NC1CCN(CCCF)CC1. The first-order chi connectivity index (χ1) is 29.8. The van der Waals surface area contributed by atoms with Crippen LogP contribution in [0.3, 0.4) is 0 Å². The number of ether oxygens (including phenoxy) is 1. The van der Waals surface area contributed by atoms with Crippen LogP contribution in [0.4, 0.5) is 15.8 Å². The number of H-pyrrole nitrogens is 1. The molecule has 3 N–H and O–H groups in total. The molecule has 8 rings (SSSR count). The number of hydrogen-bond acceptors (Lipinski definition) is 8. The Morgan fingerprint density at radius 1 is 0.919 bits per heavy atom. The minimum atomic E-state index is -4.24. The number of allylic oxidation sites excluding steroid dienone is 1. The molecule has 3 aliphatic rings. The second kappa shape index (κ2) is 18.8. The van der Waals surface area contributed by atoms with Gasteiger partial charge in [0, 0.05) is 98.0 Å². The van der Waals surface area contributed by atoms with Gasteiger partial charge in [-0.15, -0.1) is 0 Å². The summed E-state index contributed by atoms with van der Waals surface area (Å²) in [6, 6.07) is 26.3. The van der Waals surface area contributed by atoms with Gasteiger partial charge in [0.15, 0.2) is 0 Å². The number of likely N-dealkylation sites (tertiary alicyclic amines) is 1. The van der Waals surface area contributed by atoms with Crippen LogP contribution in [0.25, 0.3) is 16.5 Å². The number of nitrogens with zero attached hydrogens (tertiary/aromatic N) is 3. The molecule has 4 aromatic carbocycles. The van der Waals surface area contributed by atoms with Crippen LogP contribution in [0, 0.1) is 12.3 Å². The Morgan fingerprint density at radius 2 is 1.69 bits per heavy atom. The first-order valence-corrected chi connectivity index (χ1v) is 23.7. The van der Waals surface area contributed by atoms with Gasteiger partial charge in [0.05, 0.1) is 17.1 Å². The highest BCUT2D eigenvalue weighted by atomic mass is 35.5. The minimum Gasteiger partial charge on any atom is -0.456 e. The van der Waals surface area contributed by atoms with Crippen molar-refractivity contribution in [2.45, 2.75) is 70.2 Å². The Labute approximate surface area is 370 Å². The fourth-order valence-corrected chi connectivity index (χ4v) is 10.3. The van der Waals surface area contributed by atoms with Gasteiger partial charge in [0.2, 0.25) is 0 Å². The highest BCUT2D eigenvalue weighted by Crippen LogP contribution is 2.43. The number of halogens is 2. The summed E-state index contributed by atoms with van der Waals surface area (Å²) in [7, 11) is -4.24. The van der Waals surface area contributed by atoms with E-state index in [9.17, 15) is 17.6 Å². The maximum absolute atomic E-state index is 14.0. The largest absolute Gasteiger partial charge is 0.456 e. The standard InChI is InChI=1S/C49H58ClFN6O4S/c1-34-29-42(11-14-45(34)53-39-17-23-55(24-18-39)22-4-20-51)62(59,60)54-48(58)43-12-9-40(31-47(43)61-41-10-13-46-36(30-41)16-21-52-46)57-27-25-56(26-28-57)33-37-15-19-49(2,3)32-44(37)35-5-7-38(50)8-6-35/h5-14,16,21,29-31,39,52-53H,4,15,17-20,22-28,32-33H2,1-3H3,(H,54,58). The van der Waals surface area contributed by atoms with E-state index in [2.05, 4.69) is 55.7 Å². The van der Waals surface area contributed by atoms with E-state index in [1.54, 1.807) is 18.2 Å². The molecule has 0 unspecified atom stereocenters. The van der Waals surface area contributed by atoms with Crippen LogP contribution < -0.4 is 19.7 Å². The number of fused-ring (bicyclic) bond motifs is 1. The van der Waals surface area contributed by atoms with E-state index in [0.717, 1.165) is 117 Å². The molecule has 13 heteroatoms. The number of carbonyl (C=O) groups is 1. The lowest BCUT2D eigenvalue weighted by Gasteiger charge is -2.39. The van der Waals surface area contributed by atoms with Crippen molar-refractivity contribution in [1.82, 2.24) is 19.5 Å². The van der Waals surface area contributed by atoms with Gasteiger partial charge in [-0.2, -0.15) is 0 Å². The van der Waals surface area contributed by atoms with Gasteiger partial charge in [-0.25, -0.2) is 13.1 Å². The molecule has 328 valence electrons. The smallest absolute Gasteiger partial charge is 0.268 e. The molecule has 1 aromatic heterocycles. The molecule has 3 heterocycles. The minimum absolute atomic E-state index is 0.00204. The van der Waals surface area contributed by atoms with Gasteiger partial charge in [-0.3, -0.25) is 14.1 Å². The number of amides is 1. The van der Waals surface area contributed by atoms with Gasteiger partial charge in [0.1, 0.15) is 11.5 Å². The van der Waals surface area contributed by atoms with Crippen LogP contribution in [0.15, 0.2) is 102 Å². The predicted octanol–water partition coefficient (Wildman–Crippen LogP) is 10.1. The number of rotatable bonds is 14. The fraction of sp³-hybridized carbons (Fsp3) is 0.408. The number of aromatic nitrogens is 1. The number of nitrogens with one attached hydrogen (secondary N) is 3. The number of carbonyl (C=O) groups excluding carboxylic acids is 1. The zero-order valence-electron chi connectivity index (χ0n) is 36.0. The molecular weight excluding hydrogens is 823 g/mol. The lowest BCUT2D eigenvalue weighted by Crippen LogP contribution is -2.47. The number of sulfonamides is 1. The fourth-order valence-electron chi connectivity index (χ4n) is 9.10. The number of hydrogen-bond donors (Lipinski definition) is 3. The molecule has 1 amide bonds. The highest BCUT2D eigenvalue weighted by Gasteiger charge is 2.30. The summed E-state index contributed by atoms with van der Waals surface area (Å²) in [4.78, 5) is 24.3. The van der Waals surface area contributed by atoms with E-state index in [4.69, 9.17) is 16.3 Å². The van der Waals surface area contributed by atoms with Crippen LogP contribution in [-0.2, 0) is 10.0 Å². The van der Waals surface area contributed by atoms with Gasteiger partial charge >= 0.3 is 0 Å². The van der Waals surface area contributed by atoms with E-state index in [-0.39, 0.29) is 34.3 Å². The van der Waals surface area contributed by atoms with Crippen molar-refractivity contribution in [2.75, 3.05) is 69.2 Å². The summed E-state index contributed by atoms with van der Waals surface area (Å²) in [5, 5.41) is 5.26. The van der Waals surface area contributed by atoms with Crippen LogP contribution >= 0.6 is 11.6 Å². The van der Waals surface area contributed by atoms with Crippen molar-refractivity contribution in [2.24, 2.45) is 5.41 Å². The van der Waals surface area contributed by atoms with E-state index >= 15 is 0 Å². The second-order valence-corrected chi connectivity index (χ2v) is 20.0. The Bertz CT molecular complexity index is 2530. The van der Waals surface area contributed by atoms with Gasteiger partial charge < -0.3 is 24.8 Å². The normalized spacial score (nSPS) is 18.0. The maximum atomic E-state index is 14.0. The Kier molecular flexibility index (Phi) is 13.3. The molecule has 0 saturated carbocycles. The van der Waals surface area contributed by atoms with Crippen LogP contribution in [0.1, 0.15) is 73.9 Å². The molecule has 5 aromatic rings.